The van der Waals surface area contributed by atoms with Gasteiger partial charge in [0, 0.05) is 27.9 Å². The normalized spacial score (nSPS) is 16.7. The molecule has 1 aromatic heterocycles. The van der Waals surface area contributed by atoms with Crippen LogP contribution in [0.1, 0.15) is 11.1 Å². The summed E-state index contributed by atoms with van der Waals surface area (Å²) in [6, 6.07) is 14.8. The lowest BCUT2D eigenvalue weighted by Crippen LogP contribution is -1.97. The molecule has 2 heterocycles. The molecule has 0 spiro atoms. The fraction of sp³-hybridized carbons (Fsp3) is 0.158. The number of rotatable bonds is 2. The number of pyridine rings is 1. The highest BCUT2D eigenvalue weighted by Gasteiger charge is 2.19. The molecule has 110 valence electrons. The maximum absolute atomic E-state index is 4.55. The second kappa shape index (κ2) is 5.25. The van der Waals surface area contributed by atoms with E-state index in [4.69, 9.17) is 0 Å². The average Bonchev–Trinajstić information content (AvgIpc) is 2.91. The van der Waals surface area contributed by atoms with Gasteiger partial charge in [-0.1, -0.05) is 24.1 Å². The summed E-state index contributed by atoms with van der Waals surface area (Å²) in [6.07, 6.45) is 2.99. The van der Waals surface area contributed by atoms with E-state index in [0.29, 0.717) is 0 Å². The van der Waals surface area contributed by atoms with Gasteiger partial charge in [0.15, 0.2) is 0 Å². The van der Waals surface area contributed by atoms with Crippen LogP contribution < -0.4 is 5.32 Å². The second-order valence-corrected chi connectivity index (χ2v) is 7.52. The van der Waals surface area contributed by atoms with Crippen molar-refractivity contribution in [1.29, 1.82) is 0 Å². The van der Waals surface area contributed by atoms with Crippen molar-refractivity contribution in [3.63, 3.8) is 0 Å². The van der Waals surface area contributed by atoms with Gasteiger partial charge in [0.25, 0.3) is 0 Å². The Bertz CT molecular complexity index is 899. The first-order valence-corrected chi connectivity index (χ1v) is 9.04. The molecule has 1 atom stereocenters. The largest absolute Gasteiger partial charge is 0.355 e. The molecule has 0 amide bonds. The van der Waals surface area contributed by atoms with Crippen molar-refractivity contribution in [2.75, 3.05) is 11.1 Å². The van der Waals surface area contributed by atoms with Crippen LogP contribution in [0.4, 0.5) is 11.4 Å². The fourth-order valence-corrected chi connectivity index (χ4v) is 4.60. The SMILES string of the molecule is C=S1CCc2c1ccc1nccc(Nc3ccccc3C)c21. The Hall–Kier alpha value is -2.13. The molecule has 22 heavy (non-hydrogen) atoms. The van der Waals surface area contributed by atoms with E-state index in [0.717, 1.165) is 29.1 Å². The van der Waals surface area contributed by atoms with Crippen molar-refractivity contribution in [3.05, 3.63) is 59.8 Å². The molecule has 4 rings (SSSR count). The first-order valence-electron chi connectivity index (χ1n) is 7.48. The van der Waals surface area contributed by atoms with Gasteiger partial charge in [-0.25, -0.2) is 0 Å². The van der Waals surface area contributed by atoms with Gasteiger partial charge >= 0.3 is 0 Å². The number of hydrogen-bond acceptors (Lipinski definition) is 2. The van der Waals surface area contributed by atoms with Crippen LogP contribution in [-0.4, -0.2) is 16.6 Å². The van der Waals surface area contributed by atoms with Crippen molar-refractivity contribution >= 4 is 38.6 Å². The van der Waals surface area contributed by atoms with E-state index < -0.39 is 0 Å². The zero-order valence-electron chi connectivity index (χ0n) is 12.6. The topological polar surface area (TPSA) is 24.9 Å². The number of anilines is 2. The summed E-state index contributed by atoms with van der Waals surface area (Å²) in [4.78, 5) is 5.96. The van der Waals surface area contributed by atoms with Crippen LogP contribution in [0.15, 0.2) is 53.6 Å². The maximum Gasteiger partial charge on any atom is 0.0726 e. The number of para-hydroxylation sites is 1. The molecular weight excluding hydrogens is 288 g/mol. The lowest BCUT2D eigenvalue weighted by Gasteiger charge is -2.14. The number of benzene rings is 2. The zero-order valence-corrected chi connectivity index (χ0v) is 13.4. The van der Waals surface area contributed by atoms with Gasteiger partial charge in [-0.3, -0.25) is 4.98 Å². The zero-order chi connectivity index (χ0) is 15.1. The Balaban J connectivity index is 1.92. The van der Waals surface area contributed by atoms with Gasteiger partial charge in [-0.2, -0.15) is 10.5 Å². The van der Waals surface area contributed by atoms with E-state index in [1.54, 1.807) is 0 Å². The highest BCUT2D eigenvalue weighted by atomic mass is 32.2. The molecule has 1 aliphatic heterocycles. The smallest absolute Gasteiger partial charge is 0.0726 e. The third-order valence-electron chi connectivity index (χ3n) is 4.30. The Morgan fingerprint density at radius 1 is 1.09 bits per heavy atom. The highest BCUT2D eigenvalue weighted by molar-refractivity contribution is 8.14. The Morgan fingerprint density at radius 2 is 1.95 bits per heavy atom. The van der Waals surface area contributed by atoms with Gasteiger partial charge in [0.05, 0.1) is 5.52 Å². The summed E-state index contributed by atoms with van der Waals surface area (Å²) < 4.78 is 0. The molecule has 0 bridgehead atoms. The lowest BCUT2D eigenvalue weighted by molar-refractivity contribution is 1.17. The molecule has 0 saturated heterocycles. The van der Waals surface area contributed by atoms with Gasteiger partial charge in [-0.05, 0) is 54.5 Å². The van der Waals surface area contributed by atoms with Crippen molar-refractivity contribution in [2.45, 2.75) is 18.2 Å². The van der Waals surface area contributed by atoms with Crippen molar-refractivity contribution in [2.24, 2.45) is 0 Å². The first-order chi connectivity index (χ1) is 10.7. The highest BCUT2D eigenvalue weighted by Crippen LogP contribution is 2.42. The van der Waals surface area contributed by atoms with E-state index in [-0.39, 0.29) is 10.5 Å². The maximum atomic E-state index is 4.55. The molecule has 0 radical (unpaired) electrons. The predicted molar refractivity (Wildman–Crippen MR) is 97.8 cm³/mol. The number of aromatic nitrogens is 1. The summed E-state index contributed by atoms with van der Waals surface area (Å²) in [5.41, 5.74) is 6.04. The van der Waals surface area contributed by atoms with Gasteiger partial charge in [-0.15, -0.1) is 0 Å². The summed E-state index contributed by atoms with van der Waals surface area (Å²) in [5, 5.41) is 4.87. The number of fused-ring (bicyclic) bond motifs is 3. The third kappa shape index (κ3) is 2.13. The van der Waals surface area contributed by atoms with Crippen LogP contribution in [0.3, 0.4) is 0 Å². The lowest BCUT2D eigenvalue weighted by atomic mass is 10.0. The van der Waals surface area contributed by atoms with Crippen molar-refractivity contribution in [1.82, 2.24) is 4.98 Å². The quantitative estimate of drug-likeness (QED) is 0.681. The molecular formula is C19H18N2S. The molecule has 2 aromatic carbocycles. The minimum atomic E-state index is 0.132. The molecule has 0 saturated carbocycles. The van der Waals surface area contributed by atoms with Gasteiger partial charge < -0.3 is 5.32 Å². The summed E-state index contributed by atoms with van der Waals surface area (Å²) >= 11 is 0. The number of aryl methyl sites for hydroxylation is 2. The van der Waals surface area contributed by atoms with Crippen LogP contribution in [0, 0.1) is 6.92 Å². The van der Waals surface area contributed by atoms with Crippen LogP contribution in [0.5, 0.6) is 0 Å². The standard InChI is InChI=1S/C19H18N2S/c1-13-5-3-4-6-15(13)21-17-9-11-20-16-7-8-18-14(19(16)17)10-12-22(18)2/h3-9,11H,2,10,12H2,1H3,(H,20,21). The van der Waals surface area contributed by atoms with Crippen LogP contribution in [-0.2, 0) is 6.42 Å². The van der Waals surface area contributed by atoms with E-state index >= 15 is 0 Å². The van der Waals surface area contributed by atoms with E-state index in [9.17, 15) is 0 Å². The van der Waals surface area contributed by atoms with E-state index in [1.807, 2.05) is 6.20 Å². The molecule has 0 aliphatic carbocycles. The Morgan fingerprint density at radius 3 is 2.82 bits per heavy atom. The summed E-state index contributed by atoms with van der Waals surface area (Å²) in [7, 11) is 0.132. The second-order valence-electron chi connectivity index (χ2n) is 5.68. The Labute approximate surface area is 133 Å². The van der Waals surface area contributed by atoms with Crippen LogP contribution in [0.25, 0.3) is 10.9 Å². The molecule has 3 aromatic rings. The van der Waals surface area contributed by atoms with Crippen molar-refractivity contribution in [3.8, 4) is 0 Å². The van der Waals surface area contributed by atoms with Crippen LogP contribution in [0.2, 0.25) is 0 Å². The van der Waals surface area contributed by atoms with Gasteiger partial charge in [0.1, 0.15) is 0 Å². The average molecular weight is 306 g/mol. The molecule has 1 N–H and O–H groups in total. The Kier molecular flexibility index (Phi) is 3.23. The molecule has 1 unspecified atom stereocenters. The molecule has 1 aliphatic rings. The minimum absolute atomic E-state index is 0.132. The number of hydrogen-bond donors (Lipinski definition) is 1. The van der Waals surface area contributed by atoms with E-state index in [1.165, 1.54) is 21.4 Å². The monoisotopic (exact) mass is 306 g/mol. The first kappa shape index (κ1) is 13.5. The van der Waals surface area contributed by atoms with Crippen LogP contribution >= 0.6 is 10.5 Å². The molecule has 2 nitrogen and oxygen atoms in total. The van der Waals surface area contributed by atoms with E-state index in [2.05, 4.69) is 65.6 Å². The summed E-state index contributed by atoms with van der Waals surface area (Å²) in [6.45, 7) is 2.13. The predicted octanol–water partition coefficient (Wildman–Crippen LogP) is 4.90. The molecule has 0 fully saturated rings. The van der Waals surface area contributed by atoms with Gasteiger partial charge in [0.2, 0.25) is 0 Å². The summed E-state index contributed by atoms with van der Waals surface area (Å²) in [5.74, 6) is 5.46. The number of nitrogens with one attached hydrogen (secondary N) is 1. The minimum Gasteiger partial charge on any atom is -0.355 e. The fourth-order valence-electron chi connectivity index (χ4n) is 3.12. The third-order valence-corrected chi connectivity index (χ3v) is 6.00. The number of nitrogens with zero attached hydrogens (tertiary/aromatic N) is 1. The van der Waals surface area contributed by atoms with Crippen molar-refractivity contribution < 1.29 is 0 Å². The molecule has 3 heteroatoms.